The molecule has 9 heteroatoms. The highest BCUT2D eigenvalue weighted by atomic mass is 32.1. The van der Waals surface area contributed by atoms with Gasteiger partial charge in [0.25, 0.3) is 5.91 Å². The predicted octanol–water partition coefficient (Wildman–Crippen LogP) is 2.28. The number of nitrogens with one attached hydrogen (secondary N) is 1. The fourth-order valence-electron chi connectivity index (χ4n) is 2.97. The first-order valence-corrected chi connectivity index (χ1v) is 10.1. The molecule has 1 aliphatic carbocycles. The van der Waals surface area contributed by atoms with Crippen LogP contribution in [0.5, 0.6) is 0 Å². The number of carbonyl (C=O) groups excluding carboxylic acids is 2. The quantitative estimate of drug-likeness (QED) is 0.635. The number of rotatable bonds is 7. The number of hydrogen-bond acceptors (Lipinski definition) is 6. The number of thiazole rings is 1. The molecular formula is C19H21N5O3S. The summed E-state index contributed by atoms with van der Waals surface area (Å²) in [5.74, 6) is -0.224. The summed E-state index contributed by atoms with van der Waals surface area (Å²) >= 11 is 1.25. The summed E-state index contributed by atoms with van der Waals surface area (Å²) in [6.07, 6.45) is 1.82. The monoisotopic (exact) mass is 399 g/mol. The molecule has 0 radical (unpaired) electrons. The third-order valence-corrected chi connectivity index (χ3v) is 5.61. The van der Waals surface area contributed by atoms with Gasteiger partial charge in [0, 0.05) is 19.0 Å². The van der Waals surface area contributed by atoms with Gasteiger partial charge in [-0.3, -0.25) is 9.59 Å². The van der Waals surface area contributed by atoms with Crippen LogP contribution in [0.15, 0.2) is 30.3 Å². The van der Waals surface area contributed by atoms with Gasteiger partial charge < -0.3 is 15.3 Å². The Kier molecular flexibility index (Phi) is 5.10. The van der Waals surface area contributed by atoms with Crippen LogP contribution in [0.3, 0.4) is 0 Å². The van der Waals surface area contributed by atoms with E-state index in [9.17, 15) is 14.7 Å². The average Bonchev–Trinajstić information content (AvgIpc) is 3.40. The number of aromatic nitrogens is 3. The first-order chi connectivity index (χ1) is 13.6. The van der Waals surface area contributed by atoms with Gasteiger partial charge in [0.2, 0.25) is 5.91 Å². The Morgan fingerprint density at radius 3 is 2.71 bits per heavy atom. The van der Waals surface area contributed by atoms with E-state index in [0.29, 0.717) is 22.0 Å². The highest BCUT2D eigenvalue weighted by molar-refractivity contribution is 7.22. The van der Waals surface area contributed by atoms with Gasteiger partial charge in [-0.15, -0.1) is 0 Å². The predicted molar refractivity (Wildman–Crippen MR) is 107 cm³/mol. The van der Waals surface area contributed by atoms with Crippen LogP contribution < -0.4 is 5.32 Å². The summed E-state index contributed by atoms with van der Waals surface area (Å²) in [6.45, 7) is 2.43. The highest BCUT2D eigenvalue weighted by Gasteiger charge is 2.31. The van der Waals surface area contributed by atoms with E-state index in [1.165, 1.54) is 11.3 Å². The van der Waals surface area contributed by atoms with Crippen LogP contribution >= 0.6 is 11.3 Å². The normalized spacial score (nSPS) is 13.6. The molecule has 8 nitrogen and oxygen atoms in total. The van der Waals surface area contributed by atoms with Crippen molar-refractivity contribution in [3.05, 3.63) is 36.0 Å². The maximum absolute atomic E-state index is 13.0. The molecule has 1 saturated carbocycles. The molecule has 28 heavy (non-hydrogen) atoms. The van der Waals surface area contributed by atoms with Crippen molar-refractivity contribution in [1.29, 1.82) is 0 Å². The first kappa shape index (κ1) is 18.6. The summed E-state index contributed by atoms with van der Waals surface area (Å²) < 4.78 is 2.25. The molecular weight excluding hydrogens is 378 g/mol. The lowest BCUT2D eigenvalue weighted by molar-refractivity contribution is -0.117. The molecule has 2 N–H and O–H groups in total. The van der Waals surface area contributed by atoms with Crippen molar-refractivity contribution in [3.8, 4) is 5.69 Å². The molecule has 1 aliphatic rings. The lowest BCUT2D eigenvalue weighted by Crippen LogP contribution is -2.33. The minimum Gasteiger partial charge on any atom is -0.395 e. The zero-order chi connectivity index (χ0) is 19.7. The number of nitrogens with zero attached hydrogens (tertiary/aromatic N) is 4. The van der Waals surface area contributed by atoms with Crippen LogP contribution in [-0.4, -0.2) is 56.3 Å². The third-order valence-electron chi connectivity index (χ3n) is 4.65. The number of anilines is 1. The van der Waals surface area contributed by atoms with Crippen LogP contribution in [0.1, 0.15) is 30.3 Å². The standard InChI is InChI=1S/C19H21N5O3S/c1-2-23(10-11-25)18(27)14-15-16(24(22-14)13-6-4-3-5-7-13)20-19(28-15)21-17(26)12-8-9-12/h3-7,12,25H,2,8-11H2,1H3,(H,20,21,26). The molecule has 2 aromatic heterocycles. The van der Waals surface area contributed by atoms with Crippen LogP contribution in [0, 0.1) is 5.92 Å². The van der Waals surface area contributed by atoms with Gasteiger partial charge >= 0.3 is 0 Å². The zero-order valence-corrected chi connectivity index (χ0v) is 16.3. The van der Waals surface area contributed by atoms with Crippen molar-refractivity contribution in [1.82, 2.24) is 19.7 Å². The van der Waals surface area contributed by atoms with Gasteiger partial charge in [0.15, 0.2) is 16.5 Å². The van der Waals surface area contributed by atoms with Crippen molar-refractivity contribution in [3.63, 3.8) is 0 Å². The summed E-state index contributed by atoms with van der Waals surface area (Å²) in [7, 11) is 0. The van der Waals surface area contributed by atoms with E-state index in [1.807, 2.05) is 37.3 Å². The van der Waals surface area contributed by atoms with Crippen LogP contribution in [0.25, 0.3) is 16.0 Å². The lowest BCUT2D eigenvalue weighted by Gasteiger charge is -2.18. The molecule has 3 aromatic rings. The number of benzene rings is 1. The second kappa shape index (κ2) is 7.69. The summed E-state index contributed by atoms with van der Waals surface area (Å²) in [6, 6.07) is 9.44. The van der Waals surface area contributed by atoms with Crippen LogP contribution in [0.4, 0.5) is 5.13 Å². The number of para-hydroxylation sites is 1. The number of aliphatic hydroxyl groups is 1. The first-order valence-electron chi connectivity index (χ1n) is 9.28. The Labute approximate surface area is 165 Å². The molecule has 1 fully saturated rings. The minimum absolute atomic E-state index is 0.0287. The molecule has 4 rings (SSSR count). The lowest BCUT2D eigenvalue weighted by atomic mass is 10.3. The Balaban J connectivity index is 1.78. The van der Waals surface area contributed by atoms with Gasteiger partial charge in [-0.05, 0) is 31.9 Å². The SMILES string of the molecule is CCN(CCO)C(=O)c1nn(-c2ccccc2)c2nc(NC(=O)C3CC3)sc12. The Morgan fingerprint density at radius 1 is 1.32 bits per heavy atom. The van der Waals surface area contributed by atoms with Crippen molar-refractivity contribution in [2.75, 3.05) is 25.0 Å². The number of carbonyl (C=O) groups is 2. The van der Waals surface area contributed by atoms with E-state index in [0.717, 1.165) is 18.5 Å². The molecule has 146 valence electrons. The summed E-state index contributed by atoms with van der Waals surface area (Å²) in [4.78, 5) is 31.2. The molecule has 0 atom stereocenters. The number of fused-ring (bicyclic) bond motifs is 1. The van der Waals surface area contributed by atoms with Crippen LogP contribution in [0.2, 0.25) is 0 Å². The second-order valence-electron chi connectivity index (χ2n) is 6.64. The minimum atomic E-state index is -0.264. The van der Waals surface area contributed by atoms with E-state index < -0.39 is 0 Å². The molecule has 0 bridgehead atoms. The van der Waals surface area contributed by atoms with Crippen molar-refractivity contribution < 1.29 is 14.7 Å². The van der Waals surface area contributed by atoms with Gasteiger partial charge in [-0.1, -0.05) is 29.5 Å². The van der Waals surface area contributed by atoms with Gasteiger partial charge in [-0.2, -0.15) is 10.1 Å². The molecule has 0 unspecified atom stereocenters. The fraction of sp³-hybridized carbons (Fsp3) is 0.368. The van der Waals surface area contributed by atoms with Crippen molar-refractivity contribution >= 4 is 38.6 Å². The van der Waals surface area contributed by atoms with Crippen LogP contribution in [-0.2, 0) is 4.79 Å². The van der Waals surface area contributed by atoms with E-state index >= 15 is 0 Å². The Morgan fingerprint density at radius 2 is 2.07 bits per heavy atom. The van der Waals surface area contributed by atoms with Gasteiger partial charge in [0.1, 0.15) is 4.70 Å². The number of amides is 2. The Bertz CT molecular complexity index is 1010. The van der Waals surface area contributed by atoms with Crippen molar-refractivity contribution in [2.24, 2.45) is 5.92 Å². The molecule has 2 amide bonds. The maximum Gasteiger partial charge on any atom is 0.276 e. The number of likely N-dealkylation sites (N-methyl/N-ethyl adjacent to an activating group) is 1. The topological polar surface area (TPSA) is 100 Å². The molecule has 0 aliphatic heterocycles. The van der Waals surface area contributed by atoms with E-state index in [1.54, 1.807) is 9.58 Å². The molecule has 0 saturated heterocycles. The van der Waals surface area contributed by atoms with E-state index in [-0.39, 0.29) is 36.6 Å². The average molecular weight is 399 g/mol. The van der Waals surface area contributed by atoms with Crippen molar-refractivity contribution in [2.45, 2.75) is 19.8 Å². The third kappa shape index (κ3) is 3.50. The highest BCUT2D eigenvalue weighted by Crippen LogP contribution is 2.34. The molecule has 0 spiro atoms. The summed E-state index contributed by atoms with van der Waals surface area (Å²) in [5, 5.41) is 17.1. The largest absolute Gasteiger partial charge is 0.395 e. The van der Waals surface area contributed by atoms with Gasteiger partial charge in [0.05, 0.1) is 12.3 Å². The van der Waals surface area contributed by atoms with Gasteiger partial charge in [-0.25, -0.2) is 4.68 Å². The molecule has 2 heterocycles. The number of hydrogen-bond donors (Lipinski definition) is 2. The van der Waals surface area contributed by atoms with E-state index in [4.69, 9.17) is 0 Å². The summed E-state index contributed by atoms with van der Waals surface area (Å²) in [5.41, 5.74) is 1.59. The zero-order valence-electron chi connectivity index (χ0n) is 15.5. The second-order valence-corrected chi connectivity index (χ2v) is 7.64. The molecule has 1 aromatic carbocycles. The smallest absolute Gasteiger partial charge is 0.276 e. The Hall–Kier alpha value is -2.78. The van der Waals surface area contributed by atoms with E-state index in [2.05, 4.69) is 15.4 Å². The fourth-order valence-corrected chi connectivity index (χ4v) is 3.90. The maximum atomic E-state index is 13.0. The number of aliphatic hydroxyl groups excluding tert-OH is 1.